The van der Waals surface area contributed by atoms with Gasteiger partial charge in [0.25, 0.3) is 0 Å². The number of esters is 1. The number of ether oxygens (including phenoxy) is 1. The Morgan fingerprint density at radius 1 is 1.11 bits per heavy atom. The molecule has 0 spiro atoms. The van der Waals surface area contributed by atoms with Crippen molar-refractivity contribution in [2.45, 2.75) is 86.9 Å². The van der Waals surface area contributed by atoms with Crippen molar-refractivity contribution in [2.75, 3.05) is 0 Å². The Hall–Kier alpha value is -2.46. The molecule has 0 fully saturated rings. The molecule has 0 saturated heterocycles. The Balaban J connectivity index is 2.59. The third-order valence-electron chi connectivity index (χ3n) is 6.54. The minimum Gasteiger partial charge on any atom is -0.455 e. The summed E-state index contributed by atoms with van der Waals surface area (Å²) in [5.41, 5.74) is 3.41. The van der Waals surface area contributed by atoms with E-state index in [1.54, 1.807) is 0 Å². The van der Waals surface area contributed by atoms with Crippen LogP contribution in [-0.4, -0.2) is 29.1 Å². The summed E-state index contributed by atoms with van der Waals surface area (Å²) < 4.78 is 5.24. The van der Waals surface area contributed by atoms with E-state index in [1.807, 2.05) is 65.8 Å². The molecule has 0 saturated carbocycles. The van der Waals surface area contributed by atoms with E-state index in [0.29, 0.717) is 12.3 Å². The van der Waals surface area contributed by atoms with Crippen LogP contribution >= 0.6 is 0 Å². The summed E-state index contributed by atoms with van der Waals surface area (Å²) in [6, 6.07) is 0. The van der Waals surface area contributed by atoms with Gasteiger partial charge in [0.15, 0.2) is 0 Å². The van der Waals surface area contributed by atoms with Gasteiger partial charge in [0.2, 0.25) is 0 Å². The normalized spacial score (nSPS) is 22.3. The Morgan fingerprint density at radius 2 is 1.77 bits per heavy atom. The first-order valence-electron chi connectivity index (χ1n) is 12.9. The number of cyclic esters (lactones) is 1. The van der Waals surface area contributed by atoms with E-state index in [1.165, 1.54) is 11.6 Å². The van der Waals surface area contributed by atoms with E-state index in [0.717, 1.165) is 24.0 Å². The average molecular weight is 483 g/mol. The van der Waals surface area contributed by atoms with E-state index in [4.69, 9.17) is 4.74 Å². The SMILES string of the molecule is C/C=C(\C)CC(C)C(O)C(C)C(=O)C(C)/C=C(C)/C=C/CC(C)/C=C(C)\C=C\C1CC=CC(=O)O1. The highest BCUT2D eigenvalue weighted by Crippen LogP contribution is 2.24. The lowest BCUT2D eigenvalue weighted by Crippen LogP contribution is -2.34. The molecule has 4 nitrogen and oxygen atoms in total. The second-order valence-electron chi connectivity index (χ2n) is 10.2. The van der Waals surface area contributed by atoms with Crippen LogP contribution < -0.4 is 0 Å². The summed E-state index contributed by atoms with van der Waals surface area (Å²) in [6.45, 7) is 16.0. The van der Waals surface area contributed by atoms with E-state index in [9.17, 15) is 14.7 Å². The smallest absolute Gasteiger partial charge is 0.331 e. The predicted octanol–water partition coefficient (Wildman–Crippen LogP) is 7.08. The standard InChI is InChI=1S/C31H46O4/c1-9-21(2)19-25(6)30(33)27(8)31(34)26(7)20-23(4)13-10-12-22(3)18-24(5)16-17-28-14-11-15-29(32)35-28/h9-11,13,15-18,20,22,25-28,30,33H,12,14,19H2,1-8H3/b13-10+,17-16+,21-9+,23-20+,24-18-. The summed E-state index contributed by atoms with van der Waals surface area (Å²) in [6.07, 6.45) is 19.2. The summed E-state index contributed by atoms with van der Waals surface area (Å²) >= 11 is 0. The van der Waals surface area contributed by atoms with E-state index in [2.05, 4.69) is 38.2 Å². The molecule has 1 aliphatic rings. The molecule has 0 aliphatic carbocycles. The fraction of sp³-hybridized carbons (Fsp3) is 0.548. The number of Topliss-reactive ketones (excluding diaryl/α,β-unsaturated/α-hetero) is 1. The Bertz CT molecular complexity index is 884. The molecule has 1 rings (SSSR count). The van der Waals surface area contributed by atoms with Gasteiger partial charge >= 0.3 is 5.97 Å². The molecule has 1 aliphatic heterocycles. The van der Waals surface area contributed by atoms with Crippen LogP contribution in [-0.2, 0) is 14.3 Å². The van der Waals surface area contributed by atoms with Gasteiger partial charge in [0.1, 0.15) is 11.9 Å². The quantitative estimate of drug-likeness (QED) is 0.173. The summed E-state index contributed by atoms with van der Waals surface area (Å²) in [4.78, 5) is 24.2. The Kier molecular flexibility index (Phi) is 13.6. The van der Waals surface area contributed by atoms with Gasteiger partial charge in [-0.15, -0.1) is 0 Å². The van der Waals surface area contributed by atoms with Crippen molar-refractivity contribution >= 4 is 11.8 Å². The first-order chi connectivity index (χ1) is 16.4. The Labute approximate surface area is 213 Å². The molecule has 0 aromatic carbocycles. The van der Waals surface area contributed by atoms with Gasteiger partial charge in [-0.05, 0) is 58.4 Å². The minimum absolute atomic E-state index is 0.0460. The lowest BCUT2D eigenvalue weighted by atomic mass is 9.83. The number of hydrogen-bond donors (Lipinski definition) is 1. The summed E-state index contributed by atoms with van der Waals surface area (Å²) in [7, 11) is 0. The number of ketones is 1. The zero-order valence-electron chi connectivity index (χ0n) is 23.0. The van der Waals surface area contributed by atoms with Gasteiger partial charge in [0, 0.05) is 24.3 Å². The van der Waals surface area contributed by atoms with Gasteiger partial charge in [-0.2, -0.15) is 0 Å². The second kappa shape index (κ2) is 15.5. The van der Waals surface area contributed by atoms with Crippen LogP contribution in [0, 0.1) is 23.7 Å². The molecule has 194 valence electrons. The molecule has 6 atom stereocenters. The second-order valence-corrected chi connectivity index (χ2v) is 10.2. The fourth-order valence-electron chi connectivity index (χ4n) is 4.31. The molecule has 35 heavy (non-hydrogen) atoms. The van der Waals surface area contributed by atoms with Crippen LogP contribution in [0.5, 0.6) is 0 Å². The van der Waals surface area contributed by atoms with Crippen LogP contribution in [0.3, 0.4) is 0 Å². The van der Waals surface area contributed by atoms with Crippen LogP contribution in [0.25, 0.3) is 0 Å². The number of rotatable bonds is 13. The van der Waals surface area contributed by atoms with Crippen molar-refractivity contribution in [1.82, 2.24) is 0 Å². The molecular formula is C31H46O4. The largest absolute Gasteiger partial charge is 0.455 e. The molecule has 1 N–H and O–H groups in total. The van der Waals surface area contributed by atoms with Gasteiger partial charge in [0.05, 0.1) is 6.10 Å². The third-order valence-corrected chi connectivity index (χ3v) is 6.54. The molecule has 6 unspecified atom stereocenters. The van der Waals surface area contributed by atoms with E-state index in [-0.39, 0.29) is 29.7 Å². The van der Waals surface area contributed by atoms with Gasteiger partial charge < -0.3 is 9.84 Å². The Morgan fingerprint density at radius 3 is 2.40 bits per heavy atom. The topological polar surface area (TPSA) is 63.6 Å². The van der Waals surface area contributed by atoms with Gasteiger partial charge in [-0.1, -0.05) is 86.9 Å². The first kappa shape index (κ1) is 30.6. The monoisotopic (exact) mass is 482 g/mol. The van der Waals surface area contributed by atoms with Crippen LogP contribution in [0.2, 0.25) is 0 Å². The molecule has 0 aromatic rings. The van der Waals surface area contributed by atoms with Crippen LogP contribution in [0.4, 0.5) is 0 Å². The molecule has 0 radical (unpaired) electrons. The van der Waals surface area contributed by atoms with E-state index < -0.39 is 12.0 Å². The zero-order chi connectivity index (χ0) is 26.5. The summed E-state index contributed by atoms with van der Waals surface area (Å²) in [5, 5.41) is 10.7. The van der Waals surface area contributed by atoms with Crippen molar-refractivity contribution in [3.8, 4) is 0 Å². The molecule has 0 bridgehead atoms. The molecular weight excluding hydrogens is 436 g/mol. The molecule has 4 heteroatoms. The number of aliphatic hydroxyl groups is 1. The maximum absolute atomic E-state index is 12.9. The number of carbonyl (C=O) groups excluding carboxylic acids is 2. The average Bonchev–Trinajstić information content (AvgIpc) is 2.81. The van der Waals surface area contributed by atoms with Gasteiger partial charge in [-0.25, -0.2) is 4.79 Å². The van der Waals surface area contributed by atoms with Crippen molar-refractivity contribution in [2.24, 2.45) is 23.7 Å². The number of hydrogen-bond acceptors (Lipinski definition) is 4. The van der Waals surface area contributed by atoms with Crippen molar-refractivity contribution < 1.29 is 19.4 Å². The zero-order valence-corrected chi connectivity index (χ0v) is 23.0. The number of allylic oxidation sites excluding steroid dienone is 9. The predicted molar refractivity (Wildman–Crippen MR) is 146 cm³/mol. The molecule has 0 aromatic heterocycles. The first-order valence-corrected chi connectivity index (χ1v) is 12.9. The molecule has 1 heterocycles. The maximum atomic E-state index is 12.9. The van der Waals surface area contributed by atoms with Crippen molar-refractivity contribution in [1.29, 1.82) is 0 Å². The van der Waals surface area contributed by atoms with Crippen LogP contribution in [0.1, 0.15) is 74.7 Å². The lowest BCUT2D eigenvalue weighted by Gasteiger charge is -2.25. The lowest BCUT2D eigenvalue weighted by molar-refractivity contribution is -0.141. The van der Waals surface area contributed by atoms with Gasteiger partial charge in [-0.3, -0.25) is 4.79 Å². The van der Waals surface area contributed by atoms with Crippen molar-refractivity contribution in [3.63, 3.8) is 0 Å². The van der Waals surface area contributed by atoms with E-state index >= 15 is 0 Å². The highest BCUT2D eigenvalue weighted by molar-refractivity contribution is 5.85. The minimum atomic E-state index is -0.643. The highest BCUT2D eigenvalue weighted by Gasteiger charge is 2.29. The third kappa shape index (κ3) is 11.7. The summed E-state index contributed by atoms with van der Waals surface area (Å²) in [5.74, 6) is -0.448. The van der Waals surface area contributed by atoms with Crippen LogP contribution in [0.15, 0.2) is 71.4 Å². The molecule has 0 amide bonds. The fourth-order valence-corrected chi connectivity index (χ4v) is 4.31. The highest BCUT2D eigenvalue weighted by atomic mass is 16.5. The number of carbonyl (C=O) groups is 2. The van der Waals surface area contributed by atoms with Crippen molar-refractivity contribution in [3.05, 3.63) is 71.4 Å². The maximum Gasteiger partial charge on any atom is 0.331 e. The number of aliphatic hydroxyl groups excluding tert-OH is 1.